The molecule has 1 rings (SSSR count). The van der Waals surface area contributed by atoms with Crippen molar-refractivity contribution in [2.24, 2.45) is 0 Å². The summed E-state index contributed by atoms with van der Waals surface area (Å²) in [7, 11) is -5.28. The molecule has 5 nitrogen and oxygen atoms in total. The molecule has 2 atom stereocenters. The molecule has 2 unspecified atom stereocenters. The highest BCUT2D eigenvalue weighted by Gasteiger charge is 2.22. The number of benzene rings is 1. The molecule has 0 radical (unpaired) electrons. The first-order valence-corrected chi connectivity index (χ1v) is 8.70. The van der Waals surface area contributed by atoms with Crippen molar-refractivity contribution >= 4 is 38.1 Å². The lowest BCUT2D eigenvalue weighted by molar-refractivity contribution is 0.557. The van der Waals surface area contributed by atoms with Crippen molar-refractivity contribution in [2.75, 3.05) is 18.5 Å². The summed E-state index contributed by atoms with van der Waals surface area (Å²) in [4.78, 5) is -0.619. The van der Waals surface area contributed by atoms with E-state index in [0.29, 0.717) is 0 Å². The second-order valence-corrected chi connectivity index (χ2v) is 7.92. The van der Waals surface area contributed by atoms with Gasteiger partial charge in [0.2, 0.25) is 10.0 Å². The van der Waals surface area contributed by atoms with Gasteiger partial charge in [-0.3, -0.25) is 4.21 Å². The SMILES string of the molecule is CC(CNS(=O)(=O)c1cc(N)cc(Cl)c1F)S(C)=O. The minimum Gasteiger partial charge on any atom is -0.399 e. The van der Waals surface area contributed by atoms with Crippen molar-refractivity contribution in [3.05, 3.63) is 23.0 Å². The average molecular weight is 329 g/mol. The van der Waals surface area contributed by atoms with Gasteiger partial charge < -0.3 is 5.73 Å². The molecule has 3 N–H and O–H groups in total. The maximum atomic E-state index is 13.7. The third-order valence-electron chi connectivity index (χ3n) is 2.43. The van der Waals surface area contributed by atoms with Crippen molar-refractivity contribution in [2.45, 2.75) is 17.1 Å². The molecule has 0 bridgehead atoms. The van der Waals surface area contributed by atoms with Gasteiger partial charge in [-0.15, -0.1) is 0 Å². The molecule has 108 valence electrons. The molecule has 0 aromatic heterocycles. The third-order valence-corrected chi connectivity index (χ3v) is 5.43. The van der Waals surface area contributed by atoms with Crippen LogP contribution in [0.4, 0.5) is 10.1 Å². The van der Waals surface area contributed by atoms with Gasteiger partial charge in [0, 0.05) is 34.5 Å². The lowest BCUT2D eigenvalue weighted by Gasteiger charge is -2.12. The summed E-state index contributed by atoms with van der Waals surface area (Å²) >= 11 is 5.54. The number of halogens is 2. The number of nitrogens with one attached hydrogen (secondary N) is 1. The highest BCUT2D eigenvalue weighted by atomic mass is 35.5. The predicted octanol–water partition coefficient (Wildman–Crippen LogP) is 1.11. The molecular weight excluding hydrogens is 315 g/mol. The summed E-state index contributed by atoms with van der Waals surface area (Å²) < 4.78 is 50.8. The molecule has 0 amide bonds. The number of nitrogen functional groups attached to an aromatic ring is 1. The fourth-order valence-electron chi connectivity index (χ4n) is 1.20. The molecule has 9 heteroatoms. The number of anilines is 1. The van der Waals surface area contributed by atoms with Gasteiger partial charge >= 0.3 is 0 Å². The molecule has 0 heterocycles. The number of hydrogen-bond acceptors (Lipinski definition) is 4. The number of nitrogens with two attached hydrogens (primary N) is 1. The Balaban J connectivity index is 3.05. The predicted molar refractivity (Wildman–Crippen MR) is 74.5 cm³/mol. The first kappa shape index (κ1) is 16.4. The van der Waals surface area contributed by atoms with Crippen molar-refractivity contribution in [3.63, 3.8) is 0 Å². The monoisotopic (exact) mass is 328 g/mol. The normalized spacial score (nSPS) is 15.2. The molecule has 19 heavy (non-hydrogen) atoms. The minimum absolute atomic E-state index is 0.0406. The molecule has 0 aliphatic carbocycles. The maximum absolute atomic E-state index is 13.7. The van der Waals surface area contributed by atoms with Crippen LogP contribution in [-0.4, -0.2) is 30.7 Å². The zero-order chi connectivity index (χ0) is 14.8. The number of rotatable bonds is 5. The lowest BCUT2D eigenvalue weighted by atomic mass is 10.3. The second kappa shape index (κ2) is 6.17. The van der Waals surface area contributed by atoms with Crippen LogP contribution in [0.3, 0.4) is 0 Å². The van der Waals surface area contributed by atoms with E-state index in [-0.39, 0.29) is 17.3 Å². The zero-order valence-corrected chi connectivity index (χ0v) is 12.7. The Morgan fingerprint density at radius 1 is 1.53 bits per heavy atom. The topological polar surface area (TPSA) is 89.3 Å². The fourth-order valence-corrected chi connectivity index (χ4v) is 3.17. The zero-order valence-electron chi connectivity index (χ0n) is 10.3. The molecule has 0 saturated heterocycles. The van der Waals surface area contributed by atoms with Crippen LogP contribution in [0, 0.1) is 5.82 Å². The molecule has 1 aromatic carbocycles. The van der Waals surface area contributed by atoms with E-state index < -0.39 is 36.8 Å². The first-order chi connectivity index (χ1) is 8.65. The summed E-state index contributed by atoms with van der Waals surface area (Å²) in [5.41, 5.74) is 5.48. The van der Waals surface area contributed by atoms with Gasteiger partial charge in [0.25, 0.3) is 0 Å². The van der Waals surface area contributed by atoms with Crippen molar-refractivity contribution in [3.8, 4) is 0 Å². The van der Waals surface area contributed by atoms with Crippen LogP contribution in [0.5, 0.6) is 0 Å². The average Bonchev–Trinajstić information content (AvgIpc) is 2.30. The third kappa shape index (κ3) is 4.13. The molecular formula is C10H14ClFN2O3S2. The van der Waals surface area contributed by atoms with Gasteiger partial charge in [0.1, 0.15) is 4.90 Å². The van der Waals surface area contributed by atoms with Crippen LogP contribution in [0.25, 0.3) is 0 Å². The summed E-state index contributed by atoms with van der Waals surface area (Å²) in [5, 5.41) is -0.762. The van der Waals surface area contributed by atoms with Gasteiger partial charge in [-0.1, -0.05) is 11.6 Å². The largest absolute Gasteiger partial charge is 0.399 e. The Hall–Kier alpha value is -0.700. The van der Waals surface area contributed by atoms with E-state index in [1.807, 2.05) is 0 Å². The molecule has 1 aromatic rings. The Labute approximate surface area is 118 Å². The molecule has 0 aliphatic rings. The van der Waals surface area contributed by atoms with Crippen molar-refractivity contribution in [1.29, 1.82) is 0 Å². The first-order valence-electron chi connectivity index (χ1n) is 5.21. The highest BCUT2D eigenvalue weighted by molar-refractivity contribution is 7.89. The smallest absolute Gasteiger partial charge is 0.243 e. The Morgan fingerprint density at radius 3 is 2.63 bits per heavy atom. The second-order valence-electron chi connectivity index (χ2n) is 3.98. The van der Waals surface area contributed by atoms with E-state index in [1.165, 1.54) is 6.26 Å². The van der Waals surface area contributed by atoms with E-state index in [9.17, 15) is 17.0 Å². The van der Waals surface area contributed by atoms with Gasteiger partial charge in [-0.2, -0.15) is 0 Å². The highest BCUT2D eigenvalue weighted by Crippen LogP contribution is 2.25. The molecule has 0 fully saturated rings. The summed E-state index contributed by atoms with van der Waals surface area (Å²) in [5.74, 6) is -1.06. The maximum Gasteiger partial charge on any atom is 0.243 e. The molecule has 0 aliphatic heterocycles. The van der Waals surface area contributed by atoms with Crippen LogP contribution < -0.4 is 10.5 Å². The van der Waals surface area contributed by atoms with E-state index in [2.05, 4.69) is 4.72 Å². The van der Waals surface area contributed by atoms with E-state index in [4.69, 9.17) is 17.3 Å². The van der Waals surface area contributed by atoms with Crippen molar-refractivity contribution < 1.29 is 17.0 Å². The Morgan fingerprint density at radius 2 is 2.11 bits per heavy atom. The van der Waals surface area contributed by atoms with E-state index >= 15 is 0 Å². The summed E-state index contributed by atoms with van der Waals surface area (Å²) in [6, 6.07) is 2.11. The van der Waals surface area contributed by atoms with Crippen LogP contribution in [0.2, 0.25) is 5.02 Å². The van der Waals surface area contributed by atoms with Gasteiger partial charge in [-0.05, 0) is 19.1 Å². The van der Waals surface area contributed by atoms with E-state index in [0.717, 1.165) is 12.1 Å². The lowest BCUT2D eigenvalue weighted by Crippen LogP contribution is -2.33. The van der Waals surface area contributed by atoms with Gasteiger partial charge in [-0.25, -0.2) is 17.5 Å². The number of sulfonamides is 1. The Kier molecular flexibility index (Phi) is 5.31. The fraction of sp³-hybridized carbons (Fsp3) is 0.400. The molecule has 0 spiro atoms. The van der Waals surface area contributed by atoms with Crippen LogP contribution >= 0.6 is 11.6 Å². The van der Waals surface area contributed by atoms with Gasteiger partial charge in [0.05, 0.1) is 5.02 Å². The van der Waals surface area contributed by atoms with Crippen molar-refractivity contribution in [1.82, 2.24) is 4.72 Å². The molecule has 0 saturated carbocycles. The standard InChI is InChI=1S/C10H14ClFN2O3S2/c1-6(18(2)15)5-14-19(16,17)9-4-7(13)3-8(11)10(9)12/h3-4,6,14H,5,13H2,1-2H3. The minimum atomic E-state index is -4.09. The van der Waals surface area contributed by atoms with Gasteiger partial charge in [0.15, 0.2) is 5.82 Å². The van der Waals surface area contributed by atoms with Crippen LogP contribution in [0.1, 0.15) is 6.92 Å². The Bertz CT molecular complexity index is 607. The summed E-state index contributed by atoms with van der Waals surface area (Å²) in [6.07, 6.45) is 1.46. The summed E-state index contributed by atoms with van der Waals surface area (Å²) in [6.45, 7) is 1.54. The quantitative estimate of drug-likeness (QED) is 0.792. The van der Waals surface area contributed by atoms with Crippen LogP contribution in [-0.2, 0) is 20.8 Å². The number of hydrogen-bond donors (Lipinski definition) is 2. The van der Waals surface area contributed by atoms with Crippen LogP contribution in [0.15, 0.2) is 17.0 Å². The van der Waals surface area contributed by atoms with E-state index in [1.54, 1.807) is 6.92 Å².